The van der Waals surface area contributed by atoms with Gasteiger partial charge in [-0.05, 0) is 83.9 Å². The summed E-state index contributed by atoms with van der Waals surface area (Å²) in [7, 11) is 1.20. The third-order valence-corrected chi connectivity index (χ3v) is 15.7. The highest BCUT2D eigenvalue weighted by Gasteiger charge is 2.45. The molecule has 0 radical (unpaired) electrons. The van der Waals surface area contributed by atoms with Crippen LogP contribution in [-0.2, 0) is 30.9 Å². The van der Waals surface area contributed by atoms with Gasteiger partial charge in [-0.15, -0.1) is 0 Å². The molecule has 1 heterocycles. The van der Waals surface area contributed by atoms with E-state index in [-0.39, 0.29) is 29.7 Å². The third kappa shape index (κ3) is 10.8. The van der Waals surface area contributed by atoms with Gasteiger partial charge in [-0.3, -0.25) is 4.79 Å². The number of alkyl carbamates (subject to hydrolysis) is 1. The summed E-state index contributed by atoms with van der Waals surface area (Å²) in [5.74, 6) is 1.60. The van der Waals surface area contributed by atoms with Crippen LogP contribution < -0.4 is 14.8 Å². The number of rotatable bonds is 18. The van der Waals surface area contributed by atoms with Crippen molar-refractivity contribution in [1.82, 2.24) is 10.2 Å². The zero-order valence-corrected chi connectivity index (χ0v) is 35.2. The molecule has 0 bridgehead atoms. The number of unbranched alkanes of at least 4 members (excludes halogenated alkanes) is 2. The van der Waals surface area contributed by atoms with Crippen molar-refractivity contribution < 1.29 is 33.0 Å². The normalized spacial score (nSPS) is 16.0. The highest BCUT2D eigenvalue weighted by molar-refractivity contribution is 6.74. The number of carbonyl (C=O) groups is 2. The molecular weight excluding hydrogens is 721 g/mol. The van der Waals surface area contributed by atoms with Crippen molar-refractivity contribution in [2.75, 3.05) is 33.9 Å². The molecule has 0 unspecified atom stereocenters. The first-order valence-corrected chi connectivity index (χ1v) is 22.7. The highest BCUT2D eigenvalue weighted by atomic mass is 28.4. The Kier molecular flexibility index (Phi) is 14.8. The van der Waals surface area contributed by atoms with Gasteiger partial charge in [0.2, 0.25) is 5.91 Å². The summed E-state index contributed by atoms with van der Waals surface area (Å²) in [6.07, 6.45) is 2.83. The number of ether oxygens (including phenoxy) is 4. The topological polar surface area (TPSA) is 95.6 Å². The SMILES string of the molecule is COc1ccc(C(OC[C@@H]2C[C@@H](O[Si](C)(C)C(C)(C)C)CN2C(=O)CCCCCNC(=O)OCc2ccccc2)(c2ccccc2)c2ccc(OC)cc2)cc1. The summed E-state index contributed by atoms with van der Waals surface area (Å²) >= 11 is 0. The van der Waals surface area contributed by atoms with Gasteiger partial charge in [-0.25, -0.2) is 4.79 Å². The van der Waals surface area contributed by atoms with Crippen LogP contribution in [0.15, 0.2) is 109 Å². The maximum atomic E-state index is 14.1. The summed E-state index contributed by atoms with van der Waals surface area (Å²) in [6, 6.07) is 35.7. The molecule has 1 saturated heterocycles. The fraction of sp³-hybridized carbons (Fsp3) is 0.435. The lowest BCUT2D eigenvalue weighted by Gasteiger charge is -2.38. The molecule has 300 valence electrons. The number of nitrogens with zero attached hydrogens (tertiary/aromatic N) is 1. The lowest BCUT2D eigenvalue weighted by molar-refractivity contribution is -0.134. The predicted molar refractivity (Wildman–Crippen MR) is 224 cm³/mol. The largest absolute Gasteiger partial charge is 0.497 e. The van der Waals surface area contributed by atoms with Gasteiger partial charge in [0.15, 0.2) is 8.32 Å². The Bertz CT molecular complexity index is 1770. The van der Waals surface area contributed by atoms with Crippen molar-refractivity contribution in [2.45, 2.75) is 95.4 Å². The number of nitrogens with one attached hydrogen (secondary N) is 1. The molecule has 4 aromatic rings. The second-order valence-corrected chi connectivity index (χ2v) is 20.8. The molecule has 5 rings (SSSR count). The summed E-state index contributed by atoms with van der Waals surface area (Å²) < 4.78 is 30.6. The number of hydrogen-bond acceptors (Lipinski definition) is 7. The Morgan fingerprint density at radius 1 is 0.750 bits per heavy atom. The minimum atomic E-state index is -2.12. The van der Waals surface area contributed by atoms with E-state index in [4.69, 9.17) is 23.4 Å². The van der Waals surface area contributed by atoms with Gasteiger partial charge in [0.1, 0.15) is 23.7 Å². The van der Waals surface area contributed by atoms with E-state index in [0.717, 1.165) is 46.6 Å². The second-order valence-electron chi connectivity index (χ2n) is 16.1. The van der Waals surface area contributed by atoms with E-state index in [1.165, 1.54) is 0 Å². The first-order valence-electron chi connectivity index (χ1n) is 19.8. The Labute approximate surface area is 334 Å². The number of amides is 2. The number of likely N-dealkylation sites (tertiary alicyclic amines) is 1. The van der Waals surface area contributed by atoms with E-state index in [0.29, 0.717) is 39.0 Å². The molecule has 2 amide bonds. The van der Waals surface area contributed by atoms with E-state index >= 15 is 0 Å². The lowest BCUT2D eigenvalue weighted by atomic mass is 9.80. The molecule has 1 aliphatic heterocycles. The quantitative estimate of drug-likeness (QED) is 0.0611. The molecule has 4 aromatic carbocycles. The van der Waals surface area contributed by atoms with E-state index in [2.05, 4.69) is 75.6 Å². The molecule has 56 heavy (non-hydrogen) atoms. The summed E-state index contributed by atoms with van der Waals surface area (Å²) in [6.45, 7) is 12.8. The van der Waals surface area contributed by atoms with Crippen molar-refractivity contribution in [3.63, 3.8) is 0 Å². The van der Waals surface area contributed by atoms with Crippen LogP contribution in [-0.4, -0.2) is 71.3 Å². The molecule has 10 heteroatoms. The molecule has 1 aliphatic rings. The predicted octanol–water partition coefficient (Wildman–Crippen LogP) is 9.49. The van der Waals surface area contributed by atoms with Crippen molar-refractivity contribution in [3.8, 4) is 11.5 Å². The van der Waals surface area contributed by atoms with Crippen molar-refractivity contribution >= 4 is 20.3 Å². The van der Waals surface area contributed by atoms with Crippen molar-refractivity contribution in [2.24, 2.45) is 0 Å². The number of benzene rings is 4. The molecule has 0 aromatic heterocycles. The van der Waals surface area contributed by atoms with Gasteiger partial charge in [0, 0.05) is 19.5 Å². The molecule has 0 saturated carbocycles. The first-order chi connectivity index (χ1) is 26.9. The van der Waals surface area contributed by atoms with E-state index < -0.39 is 20.0 Å². The summed E-state index contributed by atoms with van der Waals surface area (Å²) in [5.41, 5.74) is 2.80. The molecule has 2 atom stereocenters. The van der Waals surface area contributed by atoms with Crippen LogP contribution in [0.2, 0.25) is 18.1 Å². The molecule has 0 aliphatic carbocycles. The molecule has 1 N–H and O–H groups in total. The standard InChI is InChI=1S/C46H60N2O7Si/c1-45(2,3)56(6,7)55-42-31-39(48(32-42)43(49)21-15-10-16-30-47-44(50)53-33-35-17-11-8-12-18-35)34-54-46(36-19-13-9-14-20-36,37-22-26-40(51-4)27-23-37)38-24-28-41(52-5)29-25-38/h8-9,11-14,17-20,22-29,39,42H,10,15-16,21,30-34H2,1-7H3,(H,47,50)/t39-,42+/m0/s1. The van der Waals surface area contributed by atoms with Crippen LogP contribution >= 0.6 is 0 Å². The molecule has 9 nitrogen and oxygen atoms in total. The molecule has 0 spiro atoms. The Morgan fingerprint density at radius 3 is 1.86 bits per heavy atom. The average Bonchev–Trinajstić information content (AvgIpc) is 3.61. The van der Waals surface area contributed by atoms with E-state index in [9.17, 15) is 9.59 Å². The van der Waals surface area contributed by atoms with Crippen molar-refractivity contribution in [3.05, 3.63) is 131 Å². The Hall–Kier alpha value is -4.64. The van der Waals surface area contributed by atoms with Gasteiger partial charge in [-0.2, -0.15) is 0 Å². The number of hydrogen-bond donors (Lipinski definition) is 1. The first kappa shape index (κ1) is 42.5. The van der Waals surface area contributed by atoms with Gasteiger partial charge < -0.3 is 33.6 Å². The third-order valence-electron chi connectivity index (χ3n) is 11.2. The van der Waals surface area contributed by atoms with Crippen LogP contribution in [0.1, 0.15) is 75.1 Å². The Morgan fingerprint density at radius 2 is 1.30 bits per heavy atom. The smallest absolute Gasteiger partial charge is 0.407 e. The molecular formula is C46H60N2O7Si. The van der Waals surface area contributed by atoms with Crippen LogP contribution in [0.25, 0.3) is 0 Å². The van der Waals surface area contributed by atoms with Crippen LogP contribution in [0.5, 0.6) is 11.5 Å². The van der Waals surface area contributed by atoms with Crippen LogP contribution in [0.4, 0.5) is 4.79 Å². The molecule has 1 fully saturated rings. The minimum absolute atomic E-state index is 0.0314. The lowest BCUT2D eigenvalue weighted by Crippen LogP contribution is -2.45. The van der Waals surface area contributed by atoms with Crippen LogP contribution in [0, 0.1) is 0 Å². The fourth-order valence-corrected chi connectivity index (χ4v) is 8.36. The Balaban J connectivity index is 1.32. The van der Waals surface area contributed by atoms with Gasteiger partial charge >= 0.3 is 6.09 Å². The number of methoxy groups -OCH3 is 2. The number of carbonyl (C=O) groups excluding carboxylic acids is 2. The van der Waals surface area contributed by atoms with E-state index in [1.807, 2.05) is 77.7 Å². The van der Waals surface area contributed by atoms with Crippen LogP contribution in [0.3, 0.4) is 0 Å². The monoisotopic (exact) mass is 780 g/mol. The van der Waals surface area contributed by atoms with E-state index in [1.54, 1.807) is 14.2 Å². The second kappa shape index (κ2) is 19.5. The summed E-state index contributed by atoms with van der Waals surface area (Å²) in [4.78, 5) is 28.3. The zero-order valence-electron chi connectivity index (χ0n) is 34.2. The maximum Gasteiger partial charge on any atom is 0.407 e. The fourth-order valence-electron chi connectivity index (χ4n) is 7.00. The maximum absolute atomic E-state index is 14.1. The zero-order chi connectivity index (χ0) is 40.2. The van der Waals surface area contributed by atoms with Gasteiger partial charge in [0.05, 0.1) is 33.0 Å². The highest BCUT2D eigenvalue weighted by Crippen LogP contribution is 2.43. The minimum Gasteiger partial charge on any atom is -0.497 e. The average molecular weight is 781 g/mol. The van der Waals surface area contributed by atoms with Crippen molar-refractivity contribution in [1.29, 1.82) is 0 Å². The summed E-state index contributed by atoms with van der Waals surface area (Å²) in [5, 5.41) is 2.86. The van der Waals surface area contributed by atoms with Gasteiger partial charge in [0.25, 0.3) is 0 Å². The van der Waals surface area contributed by atoms with Gasteiger partial charge in [-0.1, -0.05) is 112 Å².